The predicted octanol–water partition coefficient (Wildman–Crippen LogP) is 1.92. The maximum absolute atomic E-state index is 10.6. The van der Waals surface area contributed by atoms with Gasteiger partial charge < -0.3 is 20.2 Å². The number of nitrogens with one attached hydrogen (secondary N) is 2. The second kappa shape index (κ2) is 11.3. The first-order chi connectivity index (χ1) is 9.99. The van der Waals surface area contributed by atoms with E-state index in [1.54, 1.807) is 0 Å². The summed E-state index contributed by atoms with van der Waals surface area (Å²) in [4.78, 5) is 41.8. The highest BCUT2D eigenvalue weighted by Gasteiger charge is 2.27. The van der Waals surface area contributed by atoms with Crippen LogP contribution in [0.25, 0.3) is 0 Å². The van der Waals surface area contributed by atoms with E-state index in [0.29, 0.717) is 13.0 Å². The molecule has 0 aromatic heterocycles. The Morgan fingerprint density at radius 1 is 1.09 bits per heavy atom. The third-order valence-electron chi connectivity index (χ3n) is 2.69. The van der Waals surface area contributed by atoms with Gasteiger partial charge in [-0.3, -0.25) is 9.59 Å². The van der Waals surface area contributed by atoms with Crippen LogP contribution in [0.3, 0.4) is 0 Å². The van der Waals surface area contributed by atoms with Gasteiger partial charge in [0.2, 0.25) is 11.6 Å². The molecule has 2 amide bonds. The van der Waals surface area contributed by atoms with Crippen molar-refractivity contribution >= 4 is 33.4 Å². The summed E-state index contributed by atoms with van der Waals surface area (Å²) < 4.78 is 0. The lowest BCUT2D eigenvalue weighted by molar-refractivity contribution is -0.120. The number of hydrogen-bond acceptors (Lipinski definition) is 4. The molecule has 1 unspecified atom stereocenters. The van der Waals surface area contributed by atoms with Crippen LogP contribution in [0.4, 0.5) is 4.79 Å². The van der Waals surface area contributed by atoms with Gasteiger partial charge in [-0.2, -0.15) is 0 Å². The third-order valence-corrected chi connectivity index (χ3v) is 2.89. The Kier molecular flexibility index (Phi) is 11.8. The zero-order valence-electron chi connectivity index (χ0n) is 14.2. The van der Waals surface area contributed by atoms with Crippen LogP contribution >= 0.6 is 9.24 Å². The summed E-state index contributed by atoms with van der Waals surface area (Å²) >= 11 is 0. The number of rotatable bonds is 8. The van der Waals surface area contributed by atoms with Crippen molar-refractivity contribution in [1.82, 2.24) is 10.6 Å². The van der Waals surface area contributed by atoms with Crippen LogP contribution in [0.1, 0.15) is 47.5 Å². The fourth-order valence-corrected chi connectivity index (χ4v) is 2.10. The van der Waals surface area contributed by atoms with Gasteiger partial charge in [0.1, 0.15) is 12.6 Å². The first kappa shape index (κ1) is 23.0. The average molecular weight is 332 g/mol. The molecule has 7 heteroatoms. The number of amides is 2. The second-order valence-electron chi connectivity index (χ2n) is 6.49. The van der Waals surface area contributed by atoms with Gasteiger partial charge in [-0.25, -0.2) is 0 Å². The van der Waals surface area contributed by atoms with Crippen molar-refractivity contribution in [3.05, 3.63) is 0 Å². The van der Waals surface area contributed by atoms with Gasteiger partial charge in [-0.1, -0.05) is 27.7 Å². The molecule has 0 bridgehead atoms. The molecule has 0 aliphatic carbocycles. The maximum Gasteiger partial charge on any atom is 0.239 e. The molecule has 0 saturated carbocycles. The lowest BCUT2D eigenvalue weighted by Gasteiger charge is -2.29. The van der Waals surface area contributed by atoms with Crippen LogP contribution in [0, 0.1) is 10.8 Å². The molecule has 0 aliphatic rings. The zero-order chi connectivity index (χ0) is 17.8. The van der Waals surface area contributed by atoms with Gasteiger partial charge >= 0.3 is 0 Å². The number of likely N-dealkylation sites (N-methyl/N-ethyl adjacent to an activating group) is 1. The summed E-state index contributed by atoms with van der Waals surface area (Å²) in [5.41, 5.74) is -0.648. The van der Waals surface area contributed by atoms with E-state index in [1.165, 1.54) is 0 Å². The molecule has 2 N–H and O–H groups in total. The molecule has 0 radical (unpaired) electrons. The van der Waals surface area contributed by atoms with E-state index in [2.05, 4.69) is 10.6 Å². The molecule has 0 fully saturated rings. The maximum atomic E-state index is 10.6. The van der Waals surface area contributed by atoms with Gasteiger partial charge in [0.15, 0.2) is 0 Å². The van der Waals surface area contributed by atoms with E-state index in [0.717, 1.165) is 19.0 Å². The number of hydrogen-bond donors (Lipinski definition) is 2. The van der Waals surface area contributed by atoms with Gasteiger partial charge in [0.05, 0.1) is 6.54 Å². The van der Waals surface area contributed by atoms with Crippen LogP contribution < -0.4 is 10.6 Å². The highest BCUT2D eigenvalue weighted by atomic mass is 31.0. The Labute approximate surface area is 135 Å². The molecule has 0 spiro atoms. The van der Waals surface area contributed by atoms with Crippen molar-refractivity contribution < 1.29 is 19.2 Å². The monoisotopic (exact) mass is 332 g/mol. The molecule has 22 heavy (non-hydrogen) atoms. The molecule has 6 nitrogen and oxygen atoms in total. The quantitative estimate of drug-likeness (QED) is 0.525. The van der Waals surface area contributed by atoms with Crippen LogP contribution in [-0.2, 0) is 14.4 Å². The Morgan fingerprint density at radius 3 is 2.00 bits per heavy atom. The molecular weight excluding hydrogens is 303 g/mol. The standard InChI is InChI=1S/C10H18O2.C5H11N2O2P/c1-9(2,5-6-11)7-10(3,4)8-12;1-2-6-4(8)3-7-5(9)10/h6,8H,5,7H2,1-4H3;2-3,10H2,1H3,(H,6,8)(H,7,9). The number of carbonyl (C=O) groups is 4. The molecule has 0 saturated heterocycles. The third kappa shape index (κ3) is 15.1. The van der Waals surface area contributed by atoms with Crippen molar-refractivity contribution in [1.29, 1.82) is 0 Å². The van der Waals surface area contributed by atoms with E-state index < -0.39 is 0 Å². The first-order valence-electron chi connectivity index (χ1n) is 7.19. The van der Waals surface area contributed by atoms with Crippen LogP contribution in [-0.4, -0.2) is 37.2 Å². The van der Waals surface area contributed by atoms with E-state index in [9.17, 15) is 19.2 Å². The van der Waals surface area contributed by atoms with Crippen molar-refractivity contribution in [3.8, 4) is 0 Å². The van der Waals surface area contributed by atoms with E-state index in [1.807, 2.05) is 43.9 Å². The summed E-state index contributed by atoms with van der Waals surface area (Å²) in [5.74, 6) is -0.168. The largest absolute Gasteiger partial charge is 0.355 e. The Bertz CT molecular complexity index is 382. The lowest BCUT2D eigenvalue weighted by Crippen LogP contribution is -2.34. The summed E-state index contributed by atoms with van der Waals surface area (Å²) in [6, 6.07) is 0. The van der Waals surface area contributed by atoms with E-state index in [-0.39, 0.29) is 28.9 Å². The normalized spacial score (nSPS) is 10.8. The van der Waals surface area contributed by atoms with Gasteiger partial charge in [0.25, 0.3) is 0 Å². The minimum atomic E-state index is -0.313. The molecule has 128 valence electrons. The molecular formula is C15H29N2O4P. The van der Waals surface area contributed by atoms with Crippen molar-refractivity contribution in [2.75, 3.05) is 13.1 Å². The van der Waals surface area contributed by atoms with E-state index >= 15 is 0 Å². The molecule has 0 rings (SSSR count). The van der Waals surface area contributed by atoms with Crippen LogP contribution in [0.15, 0.2) is 0 Å². The topological polar surface area (TPSA) is 92.3 Å². The Morgan fingerprint density at radius 2 is 1.64 bits per heavy atom. The molecule has 0 aromatic carbocycles. The molecule has 0 aromatic rings. The zero-order valence-corrected chi connectivity index (χ0v) is 15.3. The molecule has 0 heterocycles. The average Bonchev–Trinajstić information content (AvgIpc) is 2.36. The summed E-state index contributed by atoms with van der Waals surface area (Å²) in [6.07, 6.45) is 3.15. The minimum absolute atomic E-state index is 0.0518. The second-order valence-corrected chi connectivity index (χ2v) is 7.01. The van der Waals surface area contributed by atoms with Gasteiger partial charge in [0, 0.05) is 18.4 Å². The fourth-order valence-electron chi connectivity index (χ4n) is 2.00. The minimum Gasteiger partial charge on any atom is -0.355 e. The Balaban J connectivity index is 0. The van der Waals surface area contributed by atoms with Crippen LogP contribution in [0.2, 0.25) is 0 Å². The molecule has 0 aliphatic heterocycles. The number of aldehydes is 2. The first-order valence-corrected chi connectivity index (χ1v) is 7.77. The highest BCUT2D eigenvalue weighted by molar-refractivity contribution is 7.39. The summed E-state index contributed by atoms with van der Waals surface area (Å²) in [6.45, 7) is 10.3. The highest BCUT2D eigenvalue weighted by Crippen LogP contribution is 2.33. The lowest BCUT2D eigenvalue weighted by atomic mass is 9.74. The smallest absolute Gasteiger partial charge is 0.239 e. The van der Waals surface area contributed by atoms with E-state index in [4.69, 9.17) is 0 Å². The van der Waals surface area contributed by atoms with Gasteiger partial charge in [-0.15, -0.1) is 0 Å². The van der Waals surface area contributed by atoms with Crippen molar-refractivity contribution in [2.24, 2.45) is 10.8 Å². The van der Waals surface area contributed by atoms with Crippen molar-refractivity contribution in [2.45, 2.75) is 47.5 Å². The van der Waals surface area contributed by atoms with Crippen molar-refractivity contribution in [3.63, 3.8) is 0 Å². The predicted molar refractivity (Wildman–Crippen MR) is 90.7 cm³/mol. The Hall–Kier alpha value is -1.29. The number of carbonyl (C=O) groups excluding carboxylic acids is 4. The molecule has 1 atom stereocenters. The summed E-state index contributed by atoms with van der Waals surface area (Å²) in [5, 5.41) is 4.88. The summed E-state index contributed by atoms with van der Waals surface area (Å²) in [7, 11) is 1.93. The fraction of sp³-hybridized carbons (Fsp3) is 0.733. The van der Waals surface area contributed by atoms with Gasteiger partial charge in [-0.05, 0) is 28.0 Å². The van der Waals surface area contributed by atoms with Crippen LogP contribution in [0.5, 0.6) is 0 Å². The SMILES string of the molecule is CC(C)(C=O)CC(C)(C)CC=O.CCNC(=O)CNC(=O)P.